The van der Waals surface area contributed by atoms with Crippen LogP contribution in [0.1, 0.15) is 52.2 Å². The lowest BCUT2D eigenvalue weighted by atomic mass is 9.98. The number of hydrogen-bond donors (Lipinski definition) is 0. The normalized spacial score (nSPS) is 11.6. The van der Waals surface area contributed by atoms with E-state index in [0.717, 1.165) is 88.4 Å². The number of rotatable bonds is 7. The first-order valence-corrected chi connectivity index (χ1v) is 23.3. The maximum Gasteiger partial charge on any atom is 0.163 e. The summed E-state index contributed by atoms with van der Waals surface area (Å²) in [7, 11) is 0. The molecule has 0 amide bonds. The Morgan fingerprint density at radius 2 is 0.611 bits per heavy atom. The van der Waals surface area contributed by atoms with Crippen molar-refractivity contribution in [1.29, 1.82) is 5.26 Å². The van der Waals surface area contributed by atoms with Crippen molar-refractivity contribution in [1.82, 2.24) is 73.9 Å². The highest BCUT2D eigenvalue weighted by molar-refractivity contribution is 6.14. The zero-order chi connectivity index (χ0) is 49.5. The Labute approximate surface area is 412 Å². The minimum Gasteiger partial charge on any atom is -0.308 e. The highest BCUT2D eigenvalue weighted by atomic mass is 15.1. The monoisotopic (exact) mass is 938 g/mol. The molecule has 0 saturated carbocycles. The van der Waals surface area contributed by atoms with E-state index in [1.54, 1.807) is 12.4 Å². The van der Waals surface area contributed by atoms with Gasteiger partial charge in [0.25, 0.3) is 0 Å². The van der Waals surface area contributed by atoms with E-state index in [9.17, 15) is 5.26 Å². The standard InChI is InChI=1S/C56H42N16/c1-28-59-29(2)64-53(63-28)38-9-13-42-43-14-10-39(54-65-30(3)60-31(4)66-54)24-47(43)71(46(42)23-38)50-21-36(27-57)22-51(52(50)37-17-19-58-20-18-37)72-48-25-40(55-67-32(5)61-33(6)68-55)11-15-44(48)45-16-12-41(26-49(45)72)56-69-34(7)62-35(8)70-56/h9-26H,1-8H3. The molecule has 0 aliphatic rings. The molecule has 0 atom stereocenters. The van der Waals surface area contributed by atoms with Gasteiger partial charge in [-0.25, -0.2) is 59.8 Å². The SMILES string of the molecule is Cc1nc(C)nc(-c2ccc3c4ccc(-c5nc(C)nc(C)n5)cc4n(-c4cc(C#N)cc(-n5c6cc(-c7nc(C)nc(C)n7)ccc6c6ccc(-c7nc(C)nc(C)n7)cc65)c4-c4ccncc4)c3c2)n1. The fourth-order valence-corrected chi connectivity index (χ4v) is 9.94. The van der Waals surface area contributed by atoms with Crippen molar-refractivity contribution < 1.29 is 0 Å². The Morgan fingerprint density at radius 1 is 0.333 bits per heavy atom. The van der Waals surface area contributed by atoms with Gasteiger partial charge < -0.3 is 9.13 Å². The lowest BCUT2D eigenvalue weighted by Gasteiger charge is -2.21. The van der Waals surface area contributed by atoms with Crippen LogP contribution in [0.4, 0.5) is 0 Å². The lowest BCUT2D eigenvalue weighted by Crippen LogP contribution is -2.06. The second kappa shape index (κ2) is 16.8. The molecule has 12 rings (SSSR count). The maximum absolute atomic E-state index is 11.2. The van der Waals surface area contributed by atoms with E-state index < -0.39 is 0 Å². The third-order valence-corrected chi connectivity index (χ3v) is 12.7. The first-order valence-electron chi connectivity index (χ1n) is 23.3. The Morgan fingerprint density at radius 3 is 0.875 bits per heavy atom. The number of nitrogens with zero attached hydrogens (tertiary/aromatic N) is 16. The van der Waals surface area contributed by atoms with E-state index in [1.807, 2.05) is 104 Å². The summed E-state index contributed by atoms with van der Waals surface area (Å²) in [6.07, 6.45) is 3.58. The zero-order valence-electron chi connectivity index (χ0n) is 40.5. The molecule has 0 fully saturated rings. The van der Waals surface area contributed by atoms with Crippen molar-refractivity contribution in [2.24, 2.45) is 0 Å². The quantitative estimate of drug-likeness (QED) is 0.146. The van der Waals surface area contributed by atoms with E-state index in [1.165, 1.54) is 0 Å². The van der Waals surface area contributed by atoms with Crippen LogP contribution in [-0.4, -0.2) is 73.9 Å². The highest BCUT2D eigenvalue weighted by Crippen LogP contribution is 2.45. The Kier molecular flexibility index (Phi) is 10.2. The summed E-state index contributed by atoms with van der Waals surface area (Å²) in [5.41, 5.74) is 10.3. The van der Waals surface area contributed by atoms with Gasteiger partial charge in [0.2, 0.25) is 0 Å². The first-order chi connectivity index (χ1) is 34.8. The molecule has 7 aromatic heterocycles. The number of aryl methyl sites for hydroxylation is 8. The molecule has 0 aliphatic carbocycles. The second-order valence-electron chi connectivity index (χ2n) is 17.8. The molecule has 0 saturated heterocycles. The summed E-state index contributed by atoms with van der Waals surface area (Å²) < 4.78 is 4.47. The summed E-state index contributed by atoms with van der Waals surface area (Å²) in [5.74, 6) is 7.19. The molecule has 12 aromatic rings. The van der Waals surface area contributed by atoms with E-state index in [0.29, 0.717) is 75.5 Å². The van der Waals surface area contributed by atoms with E-state index in [-0.39, 0.29) is 0 Å². The molecular weight excluding hydrogens is 897 g/mol. The molecule has 0 radical (unpaired) electrons. The van der Waals surface area contributed by atoms with Crippen LogP contribution in [0.3, 0.4) is 0 Å². The predicted molar refractivity (Wildman–Crippen MR) is 276 cm³/mol. The molecule has 16 heteroatoms. The van der Waals surface area contributed by atoms with Crippen LogP contribution in [0.2, 0.25) is 0 Å². The van der Waals surface area contributed by atoms with Gasteiger partial charge in [-0.15, -0.1) is 0 Å². The number of hydrogen-bond acceptors (Lipinski definition) is 14. The summed E-state index contributed by atoms with van der Waals surface area (Å²) in [4.78, 5) is 60.6. The van der Waals surface area contributed by atoms with Crippen LogP contribution >= 0.6 is 0 Å². The maximum atomic E-state index is 11.2. The molecule has 346 valence electrons. The van der Waals surface area contributed by atoms with Crippen molar-refractivity contribution in [3.8, 4) is 74.1 Å². The van der Waals surface area contributed by atoms with Crippen molar-refractivity contribution >= 4 is 43.6 Å². The summed E-state index contributed by atoms with van der Waals surface area (Å²) in [6.45, 7) is 15.0. The predicted octanol–water partition coefficient (Wildman–Crippen LogP) is 10.7. The summed E-state index contributed by atoms with van der Waals surface area (Å²) >= 11 is 0. The van der Waals surface area contributed by atoms with Crippen molar-refractivity contribution in [3.05, 3.63) is 162 Å². The Balaban J connectivity index is 1.24. The van der Waals surface area contributed by atoms with Crippen LogP contribution in [0.15, 0.2) is 109 Å². The number of benzene rings is 5. The highest BCUT2D eigenvalue weighted by Gasteiger charge is 2.25. The topological polar surface area (TPSA) is 201 Å². The van der Waals surface area contributed by atoms with Crippen LogP contribution in [0.25, 0.3) is 112 Å². The van der Waals surface area contributed by atoms with Crippen molar-refractivity contribution in [2.75, 3.05) is 0 Å². The van der Waals surface area contributed by atoms with Gasteiger partial charge in [-0.1, -0.05) is 48.5 Å². The Hall–Kier alpha value is -9.62. The molecule has 0 spiro atoms. The molecule has 16 nitrogen and oxygen atoms in total. The van der Waals surface area contributed by atoms with Crippen LogP contribution in [0.5, 0.6) is 0 Å². The minimum absolute atomic E-state index is 0.433. The average Bonchev–Trinajstić information content (AvgIpc) is 3.86. The molecule has 0 bridgehead atoms. The second-order valence-corrected chi connectivity index (χ2v) is 17.8. The molecule has 0 unspecified atom stereocenters. The third kappa shape index (κ3) is 7.51. The number of nitriles is 1. The third-order valence-electron chi connectivity index (χ3n) is 12.7. The molecular formula is C56H42N16. The van der Waals surface area contributed by atoms with E-state index in [4.69, 9.17) is 39.9 Å². The minimum atomic E-state index is 0.433. The van der Waals surface area contributed by atoms with Crippen LogP contribution in [0, 0.1) is 66.7 Å². The summed E-state index contributed by atoms with van der Waals surface area (Å²) in [5, 5.41) is 15.1. The van der Waals surface area contributed by atoms with Gasteiger partial charge in [0.05, 0.1) is 45.1 Å². The number of pyridine rings is 1. The first kappa shape index (κ1) is 43.6. The van der Waals surface area contributed by atoms with Gasteiger partial charge in [-0.05, 0) is 109 Å². The molecule has 0 N–H and O–H groups in total. The molecule has 0 aliphatic heterocycles. The number of fused-ring (bicyclic) bond motifs is 6. The van der Waals surface area contributed by atoms with Crippen LogP contribution in [-0.2, 0) is 0 Å². The van der Waals surface area contributed by atoms with E-state index in [2.05, 4.69) is 88.7 Å². The fourth-order valence-electron chi connectivity index (χ4n) is 9.94. The lowest BCUT2D eigenvalue weighted by molar-refractivity contribution is 0.928. The van der Waals surface area contributed by atoms with Gasteiger partial charge in [-0.3, -0.25) is 4.98 Å². The Bertz CT molecular complexity index is 3740. The van der Waals surface area contributed by atoms with Gasteiger partial charge >= 0.3 is 0 Å². The van der Waals surface area contributed by atoms with Crippen molar-refractivity contribution in [2.45, 2.75) is 55.4 Å². The largest absolute Gasteiger partial charge is 0.308 e. The zero-order valence-corrected chi connectivity index (χ0v) is 40.5. The average molecular weight is 939 g/mol. The smallest absolute Gasteiger partial charge is 0.163 e. The van der Waals surface area contributed by atoms with Crippen molar-refractivity contribution in [3.63, 3.8) is 0 Å². The molecule has 5 aromatic carbocycles. The van der Waals surface area contributed by atoms with Gasteiger partial charge in [0, 0.05) is 61.8 Å². The molecule has 72 heavy (non-hydrogen) atoms. The van der Waals surface area contributed by atoms with Crippen LogP contribution < -0.4 is 0 Å². The van der Waals surface area contributed by atoms with Gasteiger partial charge in [0.15, 0.2) is 23.3 Å². The number of aromatic nitrogens is 15. The van der Waals surface area contributed by atoms with Gasteiger partial charge in [0.1, 0.15) is 46.6 Å². The van der Waals surface area contributed by atoms with E-state index >= 15 is 0 Å². The fraction of sp³-hybridized carbons (Fsp3) is 0.143. The summed E-state index contributed by atoms with van der Waals surface area (Å²) in [6, 6.07) is 35.6. The van der Waals surface area contributed by atoms with Gasteiger partial charge in [-0.2, -0.15) is 5.26 Å². The molecule has 7 heterocycles.